The zero-order chi connectivity index (χ0) is 25.2. The van der Waals surface area contributed by atoms with E-state index in [9.17, 15) is 17.6 Å². The van der Waals surface area contributed by atoms with Crippen LogP contribution in [0.15, 0.2) is 48.8 Å². The summed E-state index contributed by atoms with van der Waals surface area (Å²) in [6.07, 6.45) is 1.33. The van der Waals surface area contributed by atoms with Crippen LogP contribution in [0.1, 0.15) is 41.4 Å². The van der Waals surface area contributed by atoms with E-state index in [0.29, 0.717) is 30.1 Å². The maximum Gasteiger partial charge on any atom is 0.416 e. The Hall–Kier alpha value is -3.53. The average Bonchev–Trinajstić information content (AvgIpc) is 3.43. The van der Waals surface area contributed by atoms with Crippen molar-refractivity contribution in [2.24, 2.45) is 11.1 Å². The second-order valence-corrected chi connectivity index (χ2v) is 9.73. The van der Waals surface area contributed by atoms with Gasteiger partial charge in [0, 0.05) is 36.6 Å². The van der Waals surface area contributed by atoms with Crippen LogP contribution in [0, 0.1) is 18.2 Å². The fourth-order valence-electron chi connectivity index (χ4n) is 5.80. The number of rotatable bonds is 2. The van der Waals surface area contributed by atoms with Gasteiger partial charge in [0.2, 0.25) is 0 Å². The van der Waals surface area contributed by atoms with Crippen molar-refractivity contribution in [1.29, 1.82) is 0 Å². The van der Waals surface area contributed by atoms with E-state index < -0.39 is 17.6 Å². The number of piperidine rings is 1. The lowest BCUT2D eigenvalue weighted by molar-refractivity contribution is -0.137. The van der Waals surface area contributed by atoms with Gasteiger partial charge in [-0.25, -0.2) is 13.9 Å². The van der Waals surface area contributed by atoms with E-state index in [1.165, 1.54) is 4.52 Å². The summed E-state index contributed by atoms with van der Waals surface area (Å²) in [4.78, 5) is 11.4. The number of anilines is 1. The number of nitrogens with zero attached hydrogens (tertiary/aromatic N) is 5. The Labute approximate surface area is 204 Å². The third-order valence-electron chi connectivity index (χ3n) is 7.75. The van der Waals surface area contributed by atoms with Gasteiger partial charge < -0.3 is 10.6 Å². The minimum Gasteiger partial charge on any atom is -0.355 e. The first kappa shape index (κ1) is 22.9. The molecule has 0 radical (unpaired) electrons. The van der Waals surface area contributed by atoms with Crippen LogP contribution in [0.25, 0.3) is 16.8 Å². The third-order valence-corrected chi connectivity index (χ3v) is 7.75. The summed E-state index contributed by atoms with van der Waals surface area (Å²) in [7, 11) is 0. The summed E-state index contributed by atoms with van der Waals surface area (Å²) in [5.74, 6) is -0.0843. The van der Waals surface area contributed by atoms with E-state index in [1.807, 2.05) is 6.07 Å². The molecule has 1 aromatic carbocycles. The minimum absolute atomic E-state index is 0.0557. The fraction of sp³-hybridized carbons (Fsp3) is 0.346. The molecule has 1 saturated heterocycles. The van der Waals surface area contributed by atoms with Crippen molar-refractivity contribution in [3.63, 3.8) is 0 Å². The monoisotopic (exact) mass is 496 g/mol. The van der Waals surface area contributed by atoms with Gasteiger partial charge in [0.1, 0.15) is 11.3 Å². The first-order valence-corrected chi connectivity index (χ1v) is 11.8. The molecule has 0 bridgehead atoms. The lowest BCUT2D eigenvalue weighted by Crippen LogP contribution is -2.44. The summed E-state index contributed by atoms with van der Waals surface area (Å²) in [6, 6.07) is 8.05. The maximum absolute atomic E-state index is 14.8. The molecule has 36 heavy (non-hydrogen) atoms. The van der Waals surface area contributed by atoms with Gasteiger partial charge >= 0.3 is 6.18 Å². The number of aryl methyl sites for hydroxylation is 1. The van der Waals surface area contributed by atoms with Gasteiger partial charge in [-0.1, -0.05) is 6.07 Å². The highest BCUT2D eigenvalue weighted by Gasteiger charge is 2.47. The van der Waals surface area contributed by atoms with Crippen LogP contribution < -0.4 is 10.6 Å². The highest BCUT2D eigenvalue weighted by atomic mass is 19.4. The molecular formula is C26H24F4N6. The minimum atomic E-state index is -4.59. The van der Waals surface area contributed by atoms with Crippen LogP contribution >= 0.6 is 0 Å². The number of fused-ring (bicyclic) bond motifs is 2. The van der Waals surface area contributed by atoms with E-state index in [1.54, 1.807) is 25.4 Å². The lowest BCUT2D eigenvalue weighted by atomic mass is 9.73. The van der Waals surface area contributed by atoms with Crippen LogP contribution in [0.3, 0.4) is 0 Å². The van der Waals surface area contributed by atoms with Crippen molar-refractivity contribution < 1.29 is 17.6 Å². The normalized spacial score (nSPS) is 19.3. The third kappa shape index (κ3) is 3.46. The van der Waals surface area contributed by atoms with Crippen molar-refractivity contribution >= 4 is 11.3 Å². The Morgan fingerprint density at radius 1 is 1.08 bits per heavy atom. The number of hydrogen-bond acceptors (Lipinski definition) is 5. The van der Waals surface area contributed by atoms with Crippen LogP contribution in [0.2, 0.25) is 0 Å². The number of pyridine rings is 1. The van der Waals surface area contributed by atoms with Gasteiger partial charge in [0.05, 0.1) is 23.1 Å². The zero-order valence-electron chi connectivity index (χ0n) is 19.6. The molecule has 0 unspecified atom stereocenters. The predicted molar refractivity (Wildman–Crippen MR) is 127 cm³/mol. The van der Waals surface area contributed by atoms with Gasteiger partial charge in [0.25, 0.3) is 0 Å². The van der Waals surface area contributed by atoms with Crippen molar-refractivity contribution in [3.8, 4) is 11.3 Å². The van der Waals surface area contributed by atoms with Gasteiger partial charge in [-0.3, -0.25) is 4.98 Å². The first-order valence-electron chi connectivity index (χ1n) is 11.8. The molecule has 2 aliphatic rings. The maximum atomic E-state index is 14.8. The molecule has 6 nitrogen and oxygen atoms in total. The summed E-state index contributed by atoms with van der Waals surface area (Å²) in [5, 5.41) is 4.33. The van der Waals surface area contributed by atoms with Crippen LogP contribution in [0.5, 0.6) is 0 Å². The van der Waals surface area contributed by atoms with Crippen LogP contribution in [-0.4, -0.2) is 32.7 Å². The number of halogens is 4. The summed E-state index contributed by atoms with van der Waals surface area (Å²) in [5.41, 5.74) is 8.91. The molecule has 2 N–H and O–H groups in total. The first-order chi connectivity index (χ1) is 17.2. The lowest BCUT2D eigenvalue weighted by Gasteiger charge is -2.42. The highest BCUT2D eigenvalue weighted by molar-refractivity contribution is 5.76. The molecule has 3 aromatic heterocycles. The smallest absolute Gasteiger partial charge is 0.355 e. The molecule has 186 valence electrons. The molecule has 6 rings (SSSR count). The van der Waals surface area contributed by atoms with Crippen molar-refractivity contribution in [2.75, 3.05) is 18.0 Å². The van der Waals surface area contributed by atoms with Crippen molar-refractivity contribution in [3.05, 3.63) is 77.1 Å². The number of nitrogens with two attached hydrogens (primary N) is 1. The molecule has 4 aromatic rings. The molecule has 1 aliphatic heterocycles. The largest absolute Gasteiger partial charge is 0.416 e. The van der Waals surface area contributed by atoms with Crippen molar-refractivity contribution in [1.82, 2.24) is 19.6 Å². The Morgan fingerprint density at radius 2 is 1.86 bits per heavy atom. The number of hydrogen-bond donors (Lipinski definition) is 1. The van der Waals surface area contributed by atoms with Crippen molar-refractivity contribution in [2.45, 2.75) is 38.4 Å². The van der Waals surface area contributed by atoms with E-state index in [4.69, 9.17) is 10.7 Å². The average molecular weight is 497 g/mol. The molecule has 1 spiro atoms. The van der Waals surface area contributed by atoms with E-state index in [-0.39, 0.29) is 22.7 Å². The SMILES string of the molecule is Cc1nc(N2CCC3(CC2)Cc2ncccc2[C@H]3N)c2ccnn2c1-c1cc(C(F)(F)F)ccc1F. The molecule has 1 fully saturated rings. The molecule has 1 aliphatic carbocycles. The molecule has 1 atom stereocenters. The fourth-order valence-corrected chi connectivity index (χ4v) is 5.80. The van der Waals surface area contributed by atoms with Gasteiger partial charge in [-0.05, 0) is 67.5 Å². The Morgan fingerprint density at radius 3 is 2.58 bits per heavy atom. The summed E-state index contributed by atoms with van der Waals surface area (Å²) >= 11 is 0. The summed E-state index contributed by atoms with van der Waals surface area (Å²) in [6.45, 7) is 3.10. The topological polar surface area (TPSA) is 72.3 Å². The Bertz CT molecular complexity index is 1470. The number of aromatic nitrogens is 4. The second-order valence-electron chi connectivity index (χ2n) is 9.73. The van der Waals surface area contributed by atoms with E-state index in [2.05, 4.69) is 21.0 Å². The zero-order valence-corrected chi connectivity index (χ0v) is 19.6. The Kier molecular flexibility index (Phi) is 5.08. The molecule has 0 amide bonds. The van der Waals surface area contributed by atoms with Gasteiger partial charge in [0.15, 0.2) is 5.82 Å². The quantitative estimate of drug-likeness (QED) is 0.391. The predicted octanol–water partition coefficient (Wildman–Crippen LogP) is 5.10. The van der Waals surface area contributed by atoms with Gasteiger partial charge in [-0.2, -0.15) is 18.3 Å². The molecule has 0 saturated carbocycles. The highest BCUT2D eigenvalue weighted by Crippen LogP contribution is 2.50. The number of alkyl halides is 3. The standard InChI is InChI=1S/C26H24F4N6/c1-15-22(18-13-16(26(28,29)30)4-5-19(18)27)36-21(6-10-33-36)24(34-15)35-11-7-25(8-12-35)14-20-17(23(25)31)3-2-9-32-20/h2-6,9-10,13,23H,7-8,11-12,14,31H2,1H3/t23-/m1/s1. The van der Waals surface area contributed by atoms with Crippen LogP contribution in [0.4, 0.5) is 23.4 Å². The van der Waals surface area contributed by atoms with Crippen LogP contribution in [-0.2, 0) is 12.6 Å². The molecule has 10 heteroatoms. The molecule has 4 heterocycles. The van der Waals surface area contributed by atoms with E-state index >= 15 is 0 Å². The van der Waals surface area contributed by atoms with E-state index in [0.717, 1.165) is 48.7 Å². The summed E-state index contributed by atoms with van der Waals surface area (Å²) < 4.78 is 56.3. The Balaban J connectivity index is 1.35. The second kappa shape index (κ2) is 7.99. The van der Waals surface area contributed by atoms with Gasteiger partial charge in [-0.15, -0.1) is 0 Å². The molecular weight excluding hydrogens is 472 g/mol. The number of benzene rings is 1.